The molecule has 2 aromatic rings. The molecule has 224 valence electrons. The van der Waals surface area contributed by atoms with Crippen LogP contribution in [0.15, 0.2) is 47.6 Å². The SMILES string of the molecule is CC(C)(C)c1cccc(C2(NCC(O)C(Cc3cc(F)cc(F)c3)NC(=O)CCCC(=O)O)CCC(=NO)CC2)c1. The van der Waals surface area contributed by atoms with Gasteiger partial charge in [-0.3, -0.25) is 9.59 Å². The largest absolute Gasteiger partial charge is 0.481 e. The molecule has 0 aromatic heterocycles. The molecule has 10 heteroatoms. The second-order valence-corrected chi connectivity index (χ2v) is 11.9. The topological polar surface area (TPSA) is 131 Å². The molecule has 3 rings (SSSR count). The van der Waals surface area contributed by atoms with Gasteiger partial charge in [0.2, 0.25) is 5.91 Å². The number of oxime groups is 1. The minimum Gasteiger partial charge on any atom is -0.481 e. The summed E-state index contributed by atoms with van der Waals surface area (Å²) in [6, 6.07) is 10.4. The van der Waals surface area contributed by atoms with Crippen molar-refractivity contribution in [3.8, 4) is 0 Å². The van der Waals surface area contributed by atoms with Crippen molar-refractivity contribution in [2.24, 2.45) is 5.16 Å². The zero-order valence-electron chi connectivity index (χ0n) is 23.9. The minimum absolute atomic E-state index is 0.0317. The molecule has 1 aliphatic rings. The van der Waals surface area contributed by atoms with Crippen molar-refractivity contribution in [3.05, 3.63) is 70.8 Å². The first-order chi connectivity index (χ1) is 19.3. The fourth-order valence-corrected chi connectivity index (χ4v) is 5.30. The van der Waals surface area contributed by atoms with Gasteiger partial charge in [-0.05, 0) is 72.8 Å². The lowest BCUT2D eigenvalue weighted by molar-refractivity contribution is -0.137. The van der Waals surface area contributed by atoms with Crippen LogP contribution >= 0.6 is 0 Å². The Morgan fingerprint density at radius 3 is 2.29 bits per heavy atom. The quantitative estimate of drug-likeness (QED) is 0.183. The summed E-state index contributed by atoms with van der Waals surface area (Å²) in [6.07, 6.45) is 1.08. The molecule has 2 unspecified atom stereocenters. The molecular weight excluding hydrogens is 532 g/mol. The van der Waals surface area contributed by atoms with Gasteiger partial charge in [0, 0.05) is 31.0 Å². The van der Waals surface area contributed by atoms with Gasteiger partial charge in [0.25, 0.3) is 0 Å². The van der Waals surface area contributed by atoms with Crippen molar-refractivity contribution >= 4 is 17.6 Å². The van der Waals surface area contributed by atoms with E-state index < -0.39 is 41.2 Å². The van der Waals surface area contributed by atoms with Gasteiger partial charge in [-0.1, -0.05) is 50.2 Å². The summed E-state index contributed by atoms with van der Waals surface area (Å²) in [7, 11) is 0. The van der Waals surface area contributed by atoms with Crippen LogP contribution in [-0.2, 0) is 27.0 Å². The van der Waals surface area contributed by atoms with E-state index in [1.54, 1.807) is 0 Å². The Kier molecular flexibility index (Phi) is 11.0. The summed E-state index contributed by atoms with van der Waals surface area (Å²) in [6.45, 7) is 6.45. The lowest BCUT2D eigenvalue weighted by atomic mass is 9.74. The highest BCUT2D eigenvalue weighted by atomic mass is 19.1. The molecule has 0 bridgehead atoms. The van der Waals surface area contributed by atoms with E-state index in [1.807, 2.05) is 12.1 Å². The summed E-state index contributed by atoms with van der Waals surface area (Å²) in [5, 5.41) is 39.2. The molecular formula is C31H41F2N3O5. The number of carboxylic acids is 1. The number of carbonyl (C=O) groups is 2. The molecule has 1 fully saturated rings. The van der Waals surface area contributed by atoms with Crippen molar-refractivity contribution in [1.29, 1.82) is 0 Å². The van der Waals surface area contributed by atoms with E-state index >= 15 is 0 Å². The van der Waals surface area contributed by atoms with Crippen LogP contribution in [0.4, 0.5) is 8.78 Å². The van der Waals surface area contributed by atoms with E-state index in [9.17, 15) is 28.7 Å². The number of hydrogen-bond acceptors (Lipinski definition) is 6. The molecule has 0 radical (unpaired) electrons. The van der Waals surface area contributed by atoms with Crippen molar-refractivity contribution in [2.75, 3.05) is 6.54 Å². The molecule has 5 N–H and O–H groups in total. The van der Waals surface area contributed by atoms with Crippen molar-refractivity contribution < 1.29 is 33.8 Å². The van der Waals surface area contributed by atoms with Crippen molar-refractivity contribution in [1.82, 2.24) is 10.6 Å². The predicted molar refractivity (Wildman–Crippen MR) is 152 cm³/mol. The van der Waals surface area contributed by atoms with Gasteiger partial charge < -0.3 is 26.1 Å². The number of halogens is 2. The van der Waals surface area contributed by atoms with E-state index in [4.69, 9.17) is 5.11 Å². The van der Waals surface area contributed by atoms with Gasteiger partial charge in [0.15, 0.2) is 0 Å². The third kappa shape index (κ3) is 9.33. The van der Waals surface area contributed by atoms with Crippen LogP contribution in [0.1, 0.15) is 82.4 Å². The number of nitrogens with one attached hydrogen (secondary N) is 2. The Morgan fingerprint density at radius 1 is 1.05 bits per heavy atom. The van der Waals surface area contributed by atoms with Crippen molar-refractivity contribution in [3.63, 3.8) is 0 Å². The number of carboxylic acid groups (broad SMARTS) is 1. The Labute approximate surface area is 239 Å². The maximum atomic E-state index is 13.9. The Balaban J connectivity index is 1.84. The summed E-state index contributed by atoms with van der Waals surface area (Å²) < 4.78 is 27.8. The fraction of sp³-hybridized carbons (Fsp3) is 0.516. The first kappa shape index (κ1) is 32.1. The lowest BCUT2D eigenvalue weighted by Gasteiger charge is -2.41. The number of hydrogen-bond donors (Lipinski definition) is 5. The predicted octanol–water partition coefficient (Wildman–Crippen LogP) is 4.79. The van der Waals surface area contributed by atoms with E-state index in [2.05, 4.69) is 48.7 Å². The average Bonchev–Trinajstić information content (AvgIpc) is 2.90. The van der Waals surface area contributed by atoms with Crippen LogP contribution in [0.5, 0.6) is 0 Å². The Morgan fingerprint density at radius 2 is 1.71 bits per heavy atom. The van der Waals surface area contributed by atoms with Gasteiger partial charge >= 0.3 is 5.97 Å². The molecule has 8 nitrogen and oxygen atoms in total. The molecule has 1 saturated carbocycles. The third-order valence-corrected chi connectivity index (χ3v) is 7.74. The third-order valence-electron chi connectivity index (χ3n) is 7.74. The molecule has 0 saturated heterocycles. The fourth-order valence-electron chi connectivity index (χ4n) is 5.30. The number of benzene rings is 2. The molecule has 0 aliphatic heterocycles. The molecule has 2 atom stereocenters. The number of amides is 1. The normalized spacial score (nSPS) is 18.9. The van der Waals surface area contributed by atoms with Crippen LogP contribution in [0.3, 0.4) is 0 Å². The number of nitrogens with zero attached hydrogens (tertiary/aromatic N) is 1. The van der Waals surface area contributed by atoms with Crippen LogP contribution in [0.25, 0.3) is 0 Å². The molecule has 2 aromatic carbocycles. The van der Waals surface area contributed by atoms with Crippen LogP contribution in [-0.4, -0.2) is 51.7 Å². The summed E-state index contributed by atoms with van der Waals surface area (Å²) in [5.74, 6) is -3.00. The van der Waals surface area contributed by atoms with Crippen LogP contribution in [0, 0.1) is 11.6 Å². The average molecular weight is 574 g/mol. The minimum atomic E-state index is -1.14. The lowest BCUT2D eigenvalue weighted by Crippen LogP contribution is -2.53. The highest BCUT2D eigenvalue weighted by Crippen LogP contribution is 2.38. The van der Waals surface area contributed by atoms with E-state index in [0.717, 1.165) is 29.3 Å². The standard InChI is InChI=1S/C31H41F2N3O5/c1-30(2,3)21-6-4-7-22(17-21)31(12-10-25(36-41)11-13-31)34-19-27(37)26(35-28(38)8-5-9-29(39)40)16-20-14-23(32)18-24(33)15-20/h4,6-7,14-15,17-18,26-27,34,37,41H,5,8-13,16,19H2,1-3H3,(H,35,38)(H,39,40). The maximum absolute atomic E-state index is 13.9. The van der Waals surface area contributed by atoms with E-state index in [0.29, 0.717) is 31.4 Å². The number of aliphatic carboxylic acids is 1. The summed E-state index contributed by atoms with van der Waals surface area (Å²) >= 11 is 0. The molecule has 41 heavy (non-hydrogen) atoms. The van der Waals surface area contributed by atoms with E-state index in [-0.39, 0.29) is 43.2 Å². The van der Waals surface area contributed by atoms with Gasteiger partial charge in [-0.15, -0.1) is 0 Å². The molecule has 0 heterocycles. The molecule has 1 amide bonds. The molecule has 1 aliphatic carbocycles. The Bertz CT molecular complexity index is 1210. The number of aliphatic hydroxyl groups is 1. The first-order valence-electron chi connectivity index (χ1n) is 14.0. The van der Waals surface area contributed by atoms with Crippen molar-refractivity contribution in [2.45, 2.75) is 95.2 Å². The monoisotopic (exact) mass is 573 g/mol. The second kappa shape index (κ2) is 14.0. The van der Waals surface area contributed by atoms with Gasteiger partial charge in [-0.25, -0.2) is 8.78 Å². The highest BCUT2D eigenvalue weighted by Gasteiger charge is 2.37. The highest BCUT2D eigenvalue weighted by molar-refractivity contribution is 5.85. The van der Waals surface area contributed by atoms with Crippen LogP contribution in [0.2, 0.25) is 0 Å². The van der Waals surface area contributed by atoms with Gasteiger partial charge in [-0.2, -0.15) is 0 Å². The zero-order chi connectivity index (χ0) is 30.2. The Hall–Kier alpha value is -3.37. The number of aliphatic hydroxyl groups excluding tert-OH is 1. The second-order valence-electron chi connectivity index (χ2n) is 11.9. The van der Waals surface area contributed by atoms with Crippen LogP contribution < -0.4 is 10.6 Å². The summed E-state index contributed by atoms with van der Waals surface area (Å²) in [5.41, 5.74) is 2.53. The van der Waals surface area contributed by atoms with Gasteiger partial charge in [0.05, 0.1) is 17.9 Å². The number of carbonyl (C=O) groups excluding carboxylic acids is 1. The van der Waals surface area contributed by atoms with E-state index in [1.165, 1.54) is 0 Å². The van der Waals surface area contributed by atoms with Gasteiger partial charge in [0.1, 0.15) is 11.6 Å². The molecule has 0 spiro atoms. The maximum Gasteiger partial charge on any atom is 0.303 e. The smallest absolute Gasteiger partial charge is 0.303 e. The first-order valence-corrected chi connectivity index (χ1v) is 14.0. The number of rotatable bonds is 12. The zero-order valence-corrected chi connectivity index (χ0v) is 23.9. The summed E-state index contributed by atoms with van der Waals surface area (Å²) in [4.78, 5) is 23.5.